The van der Waals surface area contributed by atoms with Gasteiger partial charge in [-0.1, -0.05) is 59.9 Å². The molecule has 0 spiro atoms. The van der Waals surface area contributed by atoms with Gasteiger partial charge in [0.1, 0.15) is 18.2 Å². The van der Waals surface area contributed by atoms with Crippen LogP contribution >= 0.6 is 0 Å². The van der Waals surface area contributed by atoms with Gasteiger partial charge < -0.3 is 29.4 Å². The highest BCUT2D eigenvalue weighted by Crippen LogP contribution is 2.30. The van der Waals surface area contributed by atoms with E-state index in [1.807, 2.05) is 34.6 Å². The van der Waals surface area contributed by atoms with Gasteiger partial charge in [0.05, 0.1) is 6.61 Å². The van der Waals surface area contributed by atoms with Crippen LogP contribution in [0.1, 0.15) is 92.6 Å². The number of rotatable bonds is 17. The highest BCUT2D eigenvalue weighted by atomic mass is 16.7. The van der Waals surface area contributed by atoms with Gasteiger partial charge in [-0.25, -0.2) is 4.79 Å². The Morgan fingerprint density at radius 3 is 1.90 bits per heavy atom. The van der Waals surface area contributed by atoms with E-state index >= 15 is 0 Å². The van der Waals surface area contributed by atoms with Crippen LogP contribution in [0.3, 0.4) is 0 Å². The fraction of sp³-hybridized carbons (Fsp3) is 0.667. The Hall–Kier alpha value is -3.14. The van der Waals surface area contributed by atoms with Crippen LogP contribution < -0.4 is 15.2 Å². The molecule has 0 aliphatic heterocycles. The molecule has 0 aromatic heterocycles. The van der Waals surface area contributed by atoms with Crippen LogP contribution in [0.2, 0.25) is 0 Å². The summed E-state index contributed by atoms with van der Waals surface area (Å²) in [4.78, 5) is 49.3. The first-order valence-electron chi connectivity index (χ1n) is 14.2. The predicted octanol–water partition coefficient (Wildman–Crippen LogP) is 5.51. The second kappa shape index (κ2) is 18.3. The lowest BCUT2D eigenvalue weighted by molar-refractivity contribution is -0.155. The Bertz CT molecular complexity index is 964. The molecule has 10 heteroatoms. The number of esters is 3. The van der Waals surface area contributed by atoms with Gasteiger partial charge in [-0.05, 0) is 56.2 Å². The van der Waals surface area contributed by atoms with Crippen LogP contribution in [0.25, 0.3) is 0 Å². The van der Waals surface area contributed by atoms with E-state index in [1.54, 1.807) is 19.9 Å². The Balaban J connectivity index is 2.90. The van der Waals surface area contributed by atoms with Crippen LogP contribution in [0.4, 0.5) is 4.79 Å². The third-order valence-corrected chi connectivity index (χ3v) is 6.60. The molecule has 5 atom stereocenters. The summed E-state index contributed by atoms with van der Waals surface area (Å²) in [5.41, 5.74) is 6.68. The number of benzene rings is 1. The van der Waals surface area contributed by atoms with E-state index in [9.17, 15) is 19.2 Å². The molecule has 0 saturated heterocycles. The summed E-state index contributed by atoms with van der Waals surface area (Å²) in [6.45, 7) is 13.3. The minimum absolute atomic E-state index is 0.0663. The predicted molar refractivity (Wildman–Crippen MR) is 150 cm³/mol. The van der Waals surface area contributed by atoms with Crippen LogP contribution in [-0.4, -0.2) is 48.9 Å². The second-order valence-electron chi connectivity index (χ2n) is 10.4. The van der Waals surface area contributed by atoms with Gasteiger partial charge in [0.2, 0.25) is 0 Å². The largest absolute Gasteiger partial charge is 0.508 e. The lowest BCUT2D eigenvalue weighted by Gasteiger charge is -2.22. The number of carbonyl (C=O) groups is 4. The third-order valence-electron chi connectivity index (χ3n) is 6.60. The molecule has 1 aromatic rings. The Morgan fingerprint density at radius 1 is 0.800 bits per heavy atom. The zero-order valence-electron chi connectivity index (χ0n) is 25.0. The van der Waals surface area contributed by atoms with Gasteiger partial charge in [-0.3, -0.25) is 14.4 Å². The molecule has 1 rings (SSSR count). The maximum atomic E-state index is 12.6. The Morgan fingerprint density at radius 2 is 1.35 bits per heavy atom. The molecule has 40 heavy (non-hydrogen) atoms. The van der Waals surface area contributed by atoms with Crippen molar-refractivity contribution in [2.75, 3.05) is 6.61 Å². The molecule has 0 aliphatic carbocycles. The van der Waals surface area contributed by atoms with Gasteiger partial charge in [-0.2, -0.15) is 0 Å². The van der Waals surface area contributed by atoms with Gasteiger partial charge in [0.25, 0.3) is 0 Å². The first-order chi connectivity index (χ1) is 18.9. The molecule has 3 unspecified atom stereocenters. The molecule has 0 heterocycles. The van der Waals surface area contributed by atoms with Gasteiger partial charge in [0.15, 0.2) is 11.5 Å². The lowest BCUT2D eigenvalue weighted by Crippen LogP contribution is -2.39. The maximum Gasteiger partial charge on any atom is 0.508 e. The number of hydrogen-bond donors (Lipinski definition) is 1. The first kappa shape index (κ1) is 34.9. The van der Waals surface area contributed by atoms with E-state index in [-0.39, 0.29) is 49.2 Å². The van der Waals surface area contributed by atoms with E-state index in [0.717, 1.165) is 25.7 Å². The summed E-state index contributed by atoms with van der Waals surface area (Å²) in [5, 5.41) is 0. The molecule has 1 aromatic carbocycles. The number of unbranched alkanes of at least 4 members (excludes halogenated alkanes) is 1. The van der Waals surface area contributed by atoms with Crippen LogP contribution in [-0.2, 0) is 35.0 Å². The average Bonchev–Trinajstić information content (AvgIpc) is 2.89. The molecule has 0 fully saturated rings. The standard InChI is InChI=1S/C30H47NO9/c1-8-11-14-36-30(35)38-22(7)21(6)37-29(34)24(31)17-23-12-13-25(39-27(32)15-19(4)9-2)26(18-23)40-28(33)16-20(5)10-3/h12-13,18-22,24H,8-11,14-17,31H2,1-7H3/t19?,20?,21-,22?,24-/m0/s1. The highest BCUT2D eigenvalue weighted by molar-refractivity contribution is 5.77. The van der Waals surface area contributed by atoms with Gasteiger partial charge in [0, 0.05) is 12.8 Å². The highest BCUT2D eigenvalue weighted by Gasteiger charge is 2.25. The molecule has 226 valence electrons. The van der Waals surface area contributed by atoms with Crippen molar-refractivity contribution in [1.82, 2.24) is 0 Å². The summed E-state index contributed by atoms with van der Waals surface area (Å²) in [5.74, 6) is -1.10. The van der Waals surface area contributed by atoms with Crippen LogP contribution in [0, 0.1) is 11.8 Å². The van der Waals surface area contributed by atoms with Crippen molar-refractivity contribution in [1.29, 1.82) is 0 Å². The summed E-state index contributed by atoms with van der Waals surface area (Å²) in [6, 6.07) is 3.66. The minimum atomic E-state index is -1.05. The average molecular weight is 566 g/mol. The smallest absolute Gasteiger partial charge is 0.458 e. The zero-order chi connectivity index (χ0) is 30.2. The minimum Gasteiger partial charge on any atom is -0.458 e. The number of nitrogens with two attached hydrogens (primary N) is 1. The molecule has 2 N–H and O–H groups in total. The topological polar surface area (TPSA) is 140 Å². The van der Waals surface area contributed by atoms with Gasteiger partial charge >= 0.3 is 24.1 Å². The zero-order valence-corrected chi connectivity index (χ0v) is 25.0. The number of ether oxygens (including phenoxy) is 5. The van der Waals surface area contributed by atoms with E-state index in [2.05, 4.69) is 0 Å². The van der Waals surface area contributed by atoms with Crippen molar-refractivity contribution in [3.05, 3.63) is 23.8 Å². The first-order valence-corrected chi connectivity index (χ1v) is 14.2. The summed E-state index contributed by atoms with van der Waals surface area (Å²) < 4.78 is 26.6. The van der Waals surface area contributed by atoms with E-state index in [4.69, 9.17) is 29.4 Å². The van der Waals surface area contributed by atoms with E-state index in [0.29, 0.717) is 5.56 Å². The quantitative estimate of drug-likeness (QED) is 0.146. The fourth-order valence-electron chi connectivity index (χ4n) is 3.32. The fourth-order valence-corrected chi connectivity index (χ4v) is 3.32. The summed E-state index contributed by atoms with van der Waals surface area (Å²) >= 11 is 0. The van der Waals surface area contributed by atoms with Crippen LogP contribution in [0.5, 0.6) is 11.5 Å². The van der Waals surface area contributed by atoms with Gasteiger partial charge in [-0.15, -0.1) is 0 Å². The van der Waals surface area contributed by atoms with Crippen molar-refractivity contribution in [3.63, 3.8) is 0 Å². The Labute approximate surface area is 238 Å². The van der Waals surface area contributed by atoms with Crippen molar-refractivity contribution in [2.24, 2.45) is 17.6 Å². The Kier molecular flexibility index (Phi) is 15.9. The molecule has 0 amide bonds. The normalized spacial score (nSPS) is 14.7. The molecule has 0 saturated carbocycles. The second-order valence-corrected chi connectivity index (χ2v) is 10.4. The maximum absolute atomic E-state index is 12.6. The van der Waals surface area contributed by atoms with Crippen molar-refractivity contribution in [3.8, 4) is 11.5 Å². The number of hydrogen-bond acceptors (Lipinski definition) is 10. The molecular weight excluding hydrogens is 518 g/mol. The van der Waals surface area contributed by atoms with E-state index < -0.39 is 42.3 Å². The van der Waals surface area contributed by atoms with Crippen molar-refractivity contribution in [2.45, 2.75) is 112 Å². The van der Waals surface area contributed by atoms with Crippen molar-refractivity contribution < 1.29 is 42.9 Å². The summed E-state index contributed by atoms with van der Waals surface area (Å²) in [6.07, 6.45) is 1.41. The van der Waals surface area contributed by atoms with Crippen LogP contribution in [0.15, 0.2) is 18.2 Å². The monoisotopic (exact) mass is 565 g/mol. The van der Waals surface area contributed by atoms with Crippen molar-refractivity contribution >= 4 is 24.1 Å². The van der Waals surface area contributed by atoms with E-state index in [1.165, 1.54) is 12.1 Å². The molecule has 0 bridgehead atoms. The third kappa shape index (κ3) is 13.3. The summed E-state index contributed by atoms with van der Waals surface area (Å²) in [7, 11) is 0. The molecule has 10 nitrogen and oxygen atoms in total. The molecular formula is C30H47NO9. The molecule has 0 aliphatic rings. The molecule has 0 radical (unpaired) electrons. The lowest BCUT2D eigenvalue weighted by atomic mass is 10.0. The SMILES string of the molecule is CCCCOC(=O)OC(C)[C@H](C)OC(=O)[C@@H](N)Cc1ccc(OC(=O)CC(C)CC)c(OC(=O)CC(C)CC)c1. The number of carbonyl (C=O) groups excluding carboxylic acids is 4.